The van der Waals surface area contributed by atoms with E-state index in [1.807, 2.05) is 0 Å². The van der Waals surface area contributed by atoms with E-state index in [0.29, 0.717) is 0 Å². The molecule has 12 heteroatoms. The molecular formula is C14H25NO11. The minimum Gasteiger partial charge on any atom is -0.394 e. The number of amides is 1. The van der Waals surface area contributed by atoms with E-state index in [9.17, 15) is 40.5 Å². The first-order valence-corrected chi connectivity index (χ1v) is 8.06. The summed E-state index contributed by atoms with van der Waals surface area (Å²) in [5, 5.41) is 70.7. The van der Waals surface area contributed by atoms with Gasteiger partial charge in [0.1, 0.15) is 48.8 Å². The molecule has 0 aromatic carbocycles. The van der Waals surface area contributed by atoms with Gasteiger partial charge >= 0.3 is 0 Å². The van der Waals surface area contributed by atoms with E-state index >= 15 is 0 Å². The molecule has 2 heterocycles. The van der Waals surface area contributed by atoms with Crippen molar-refractivity contribution in [1.82, 2.24) is 5.32 Å². The van der Waals surface area contributed by atoms with Crippen molar-refractivity contribution < 1.29 is 54.8 Å². The van der Waals surface area contributed by atoms with Crippen LogP contribution in [0.2, 0.25) is 0 Å². The van der Waals surface area contributed by atoms with Crippen LogP contribution in [0.5, 0.6) is 0 Å². The van der Waals surface area contributed by atoms with Gasteiger partial charge in [-0.25, -0.2) is 0 Å². The van der Waals surface area contributed by atoms with Gasteiger partial charge in [0, 0.05) is 6.92 Å². The van der Waals surface area contributed by atoms with Gasteiger partial charge in [0.15, 0.2) is 12.6 Å². The average Bonchev–Trinajstić information content (AvgIpc) is 2.60. The number of hydrogen-bond acceptors (Lipinski definition) is 11. The van der Waals surface area contributed by atoms with Crippen molar-refractivity contribution in [1.29, 1.82) is 0 Å². The van der Waals surface area contributed by atoms with Gasteiger partial charge in [-0.3, -0.25) is 4.79 Å². The second-order valence-corrected chi connectivity index (χ2v) is 6.26. The molecule has 2 aliphatic heterocycles. The zero-order chi connectivity index (χ0) is 19.6. The number of ether oxygens (including phenoxy) is 3. The molecule has 1 amide bonds. The minimum atomic E-state index is -1.74. The summed E-state index contributed by atoms with van der Waals surface area (Å²) < 4.78 is 15.7. The largest absolute Gasteiger partial charge is 0.394 e. The Balaban J connectivity index is 2.21. The Morgan fingerprint density at radius 1 is 0.923 bits per heavy atom. The van der Waals surface area contributed by atoms with E-state index in [1.165, 1.54) is 0 Å². The third-order valence-corrected chi connectivity index (χ3v) is 4.38. The predicted octanol–water partition coefficient (Wildman–Crippen LogP) is -5.25. The van der Waals surface area contributed by atoms with Gasteiger partial charge in [-0.05, 0) is 0 Å². The molecule has 8 N–H and O–H groups in total. The summed E-state index contributed by atoms with van der Waals surface area (Å²) in [5.41, 5.74) is 0. The first-order valence-electron chi connectivity index (χ1n) is 8.06. The molecule has 10 atom stereocenters. The standard InChI is InChI=1S/C14H25NO11/c1-4(18)15-7-12(9(20)6(3-17)24-13(7)23)26-14-11(22)10(21)8(19)5(2-16)25-14/h5-14,16-17,19-23H,2-3H2,1H3,(H,15,18)/t5-,6-,7+,8+,9+,10+,11-,12-,13+,14-/m1/s1. The molecule has 2 aliphatic rings. The number of carbonyl (C=O) groups excluding carboxylic acids is 1. The highest BCUT2D eigenvalue weighted by atomic mass is 16.7. The maximum atomic E-state index is 11.4. The molecule has 2 fully saturated rings. The Labute approximate surface area is 148 Å². The van der Waals surface area contributed by atoms with Crippen LogP contribution in [0.3, 0.4) is 0 Å². The molecule has 2 saturated heterocycles. The lowest BCUT2D eigenvalue weighted by atomic mass is 9.95. The zero-order valence-corrected chi connectivity index (χ0v) is 14.0. The number of aliphatic hydroxyl groups excluding tert-OH is 7. The predicted molar refractivity (Wildman–Crippen MR) is 80.2 cm³/mol. The molecule has 0 aliphatic carbocycles. The summed E-state index contributed by atoms with van der Waals surface area (Å²) in [6.45, 7) is -0.195. The highest BCUT2D eigenvalue weighted by molar-refractivity contribution is 5.73. The Morgan fingerprint density at radius 3 is 2.04 bits per heavy atom. The van der Waals surface area contributed by atoms with Crippen molar-refractivity contribution in [3.05, 3.63) is 0 Å². The summed E-state index contributed by atoms with van der Waals surface area (Å²) in [6, 6.07) is -1.28. The Bertz CT molecular complexity index is 478. The second-order valence-electron chi connectivity index (χ2n) is 6.26. The molecule has 152 valence electrons. The molecule has 12 nitrogen and oxygen atoms in total. The van der Waals surface area contributed by atoms with E-state index in [1.54, 1.807) is 0 Å². The van der Waals surface area contributed by atoms with Crippen molar-refractivity contribution in [2.75, 3.05) is 13.2 Å². The van der Waals surface area contributed by atoms with E-state index in [-0.39, 0.29) is 0 Å². The molecule has 0 bridgehead atoms. The van der Waals surface area contributed by atoms with Crippen molar-refractivity contribution in [3.63, 3.8) is 0 Å². The Kier molecular flexibility index (Phi) is 7.27. The lowest BCUT2D eigenvalue weighted by Gasteiger charge is -2.46. The Morgan fingerprint density at radius 2 is 1.50 bits per heavy atom. The van der Waals surface area contributed by atoms with Gasteiger partial charge in [0.25, 0.3) is 0 Å². The number of hydrogen-bond donors (Lipinski definition) is 8. The third-order valence-electron chi connectivity index (χ3n) is 4.38. The van der Waals surface area contributed by atoms with Crippen molar-refractivity contribution >= 4 is 5.91 Å². The quantitative estimate of drug-likeness (QED) is 0.226. The van der Waals surface area contributed by atoms with Crippen LogP contribution < -0.4 is 5.32 Å². The molecular weight excluding hydrogens is 358 g/mol. The lowest BCUT2D eigenvalue weighted by Crippen LogP contribution is -2.67. The summed E-state index contributed by atoms with van der Waals surface area (Å²) >= 11 is 0. The van der Waals surface area contributed by atoms with Gasteiger partial charge < -0.3 is 55.3 Å². The van der Waals surface area contributed by atoms with Gasteiger partial charge in [-0.2, -0.15) is 0 Å². The van der Waals surface area contributed by atoms with Crippen LogP contribution in [0.4, 0.5) is 0 Å². The van der Waals surface area contributed by atoms with Crippen LogP contribution >= 0.6 is 0 Å². The molecule has 0 saturated carbocycles. The summed E-state index contributed by atoms with van der Waals surface area (Å²) in [6.07, 6.45) is -13.7. The highest BCUT2D eigenvalue weighted by Crippen LogP contribution is 2.28. The Hall–Kier alpha value is -0.930. The number of nitrogens with one attached hydrogen (secondary N) is 1. The molecule has 0 spiro atoms. The third kappa shape index (κ3) is 4.31. The van der Waals surface area contributed by atoms with Crippen LogP contribution in [0.1, 0.15) is 6.92 Å². The molecule has 0 aromatic heterocycles. The fourth-order valence-corrected chi connectivity index (χ4v) is 2.97. The number of aliphatic hydroxyl groups is 7. The molecule has 0 radical (unpaired) electrons. The topological polar surface area (TPSA) is 198 Å². The fourth-order valence-electron chi connectivity index (χ4n) is 2.97. The average molecular weight is 383 g/mol. The lowest BCUT2D eigenvalue weighted by molar-refractivity contribution is -0.341. The molecule has 0 unspecified atom stereocenters. The van der Waals surface area contributed by atoms with Crippen LogP contribution in [0.25, 0.3) is 0 Å². The van der Waals surface area contributed by atoms with E-state index in [0.717, 1.165) is 6.92 Å². The van der Waals surface area contributed by atoms with E-state index in [2.05, 4.69) is 5.32 Å². The second kappa shape index (κ2) is 8.84. The fraction of sp³-hybridized carbons (Fsp3) is 0.929. The smallest absolute Gasteiger partial charge is 0.217 e. The molecule has 26 heavy (non-hydrogen) atoms. The van der Waals surface area contributed by atoms with Gasteiger partial charge in [0.05, 0.1) is 13.2 Å². The van der Waals surface area contributed by atoms with Crippen LogP contribution in [-0.4, -0.2) is 116 Å². The highest BCUT2D eigenvalue weighted by Gasteiger charge is 2.50. The SMILES string of the molecule is CC(=O)N[C@H]1[C@@H](O[C@H]2O[C@H](CO)[C@H](O)[C@H](O)[C@H]2O)[C@@H](O)[C@@H](CO)O[C@@H]1O. The van der Waals surface area contributed by atoms with E-state index in [4.69, 9.17) is 14.2 Å². The number of rotatable bonds is 5. The summed E-state index contributed by atoms with van der Waals surface area (Å²) in [4.78, 5) is 11.4. The first-order chi connectivity index (χ1) is 12.2. The van der Waals surface area contributed by atoms with Crippen LogP contribution in [0, 0.1) is 0 Å². The normalized spacial score (nSPS) is 46.8. The van der Waals surface area contributed by atoms with E-state index < -0.39 is 80.5 Å². The van der Waals surface area contributed by atoms with Gasteiger partial charge in [-0.15, -0.1) is 0 Å². The molecule has 2 rings (SSSR count). The van der Waals surface area contributed by atoms with Gasteiger partial charge in [-0.1, -0.05) is 0 Å². The maximum absolute atomic E-state index is 11.4. The number of carbonyl (C=O) groups is 1. The first kappa shape index (κ1) is 21.4. The monoisotopic (exact) mass is 383 g/mol. The zero-order valence-electron chi connectivity index (χ0n) is 14.0. The van der Waals surface area contributed by atoms with Crippen molar-refractivity contribution in [3.8, 4) is 0 Å². The van der Waals surface area contributed by atoms with Crippen molar-refractivity contribution in [2.45, 2.75) is 68.3 Å². The van der Waals surface area contributed by atoms with Crippen LogP contribution in [0.15, 0.2) is 0 Å². The maximum Gasteiger partial charge on any atom is 0.217 e. The van der Waals surface area contributed by atoms with Crippen LogP contribution in [-0.2, 0) is 19.0 Å². The molecule has 0 aromatic rings. The minimum absolute atomic E-state index is 0.574. The van der Waals surface area contributed by atoms with Gasteiger partial charge in [0.2, 0.25) is 5.91 Å². The summed E-state index contributed by atoms with van der Waals surface area (Å²) in [7, 11) is 0. The van der Waals surface area contributed by atoms with Crippen molar-refractivity contribution in [2.24, 2.45) is 0 Å². The summed E-state index contributed by atoms with van der Waals surface area (Å²) in [5.74, 6) is -0.574.